The van der Waals surface area contributed by atoms with Crippen LogP contribution in [-0.4, -0.2) is 47.1 Å². The summed E-state index contributed by atoms with van der Waals surface area (Å²) in [6.45, 7) is 5.25. The maximum atomic E-state index is 14.4. The minimum atomic E-state index is -3.18. The second-order valence-electron chi connectivity index (χ2n) is 11.1. The summed E-state index contributed by atoms with van der Waals surface area (Å²) in [6, 6.07) is 25.3. The summed E-state index contributed by atoms with van der Waals surface area (Å²) in [7, 11) is -3.18. The molecule has 2 aliphatic heterocycles. The molecule has 1 fully saturated rings. The first kappa shape index (κ1) is 27.3. The molecule has 1 aromatic heterocycles. The standard InChI is InChI=1S/C33H35N3O4S/c1-3-4-19-40-28-16-14-26(15-17-28)31-29-30(25-12-10-23(2)11-13-25)34-36(27-18-20-41(38,39)22-27)32(29)33(37)35(31)21-24-8-6-5-7-9-24/h5-17,27,31H,3-4,18-22H2,1-2H3/t27-,31-/m1/s1. The molecule has 0 N–H and O–H groups in total. The average molecular weight is 570 g/mol. The number of aryl methyl sites for hydroxylation is 1. The molecule has 0 unspecified atom stereocenters. The number of benzene rings is 3. The Morgan fingerprint density at radius 1 is 0.976 bits per heavy atom. The van der Waals surface area contributed by atoms with Crippen molar-refractivity contribution in [3.63, 3.8) is 0 Å². The van der Waals surface area contributed by atoms with Gasteiger partial charge in [0.15, 0.2) is 9.84 Å². The number of nitrogens with zero attached hydrogens (tertiary/aromatic N) is 3. The zero-order valence-corrected chi connectivity index (χ0v) is 24.3. The van der Waals surface area contributed by atoms with Gasteiger partial charge in [0.2, 0.25) is 0 Å². The molecule has 2 aliphatic rings. The lowest BCUT2D eigenvalue weighted by molar-refractivity contribution is 0.0722. The maximum absolute atomic E-state index is 14.4. The van der Waals surface area contributed by atoms with E-state index < -0.39 is 9.84 Å². The molecule has 1 saturated heterocycles. The largest absolute Gasteiger partial charge is 0.494 e. The second kappa shape index (κ2) is 11.2. The summed E-state index contributed by atoms with van der Waals surface area (Å²) in [5.41, 5.74) is 6.07. The molecule has 0 saturated carbocycles. The van der Waals surface area contributed by atoms with Gasteiger partial charge >= 0.3 is 0 Å². The van der Waals surface area contributed by atoms with Crippen LogP contribution in [0.4, 0.5) is 0 Å². The van der Waals surface area contributed by atoms with Crippen LogP contribution in [0.5, 0.6) is 5.75 Å². The number of hydrogen-bond donors (Lipinski definition) is 0. The van der Waals surface area contributed by atoms with Gasteiger partial charge in [0, 0.05) is 17.7 Å². The molecule has 4 aromatic rings. The summed E-state index contributed by atoms with van der Waals surface area (Å²) < 4.78 is 32.6. The first-order chi connectivity index (χ1) is 19.8. The van der Waals surface area contributed by atoms with Crippen LogP contribution in [0.2, 0.25) is 0 Å². The van der Waals surface area contributed by atoms with Crippen molar-refractivity contribution in [2.24, 2.45) is 0 Å². The van der Waals surface area contributed by atoms with Gasteiger partial charge in [0.1, 0.15) is 11.4 Å². The number of carbonyl (C=O) groups excluding carboxylic acids is 1. The molecule has 0 aliphatic carbocycles. The number of sulfone groups is 1. The van der Waals surface area contributed by atoms with Gasteiger partial charge in [0.25, 0.3) is 5.91 Å². The Labute approximate surface area is 241 Å². The van der Waals surface area contributed by atoms with Crippen LogP contribution in [0.1, 0.15) is 71.0 Å². The van der Waals surface area contributed by atoms with E-state index in [2.05, 4.69) is 6.92 Å². The Bertz CT molecular complexity index is 1650. The van der Waals surface area contributed by atoms with Gasteiger partial charge in [-0.3, -0.25) is 9.48 Å². The van der Waals surface area contributed by atoms with E-state index in [0.29, 0.717) is 25.3 Å². The molecular formula is C33H35N3O4S. The molecule has 8 heteroatoms. The molecular weight excluding hydrogens is 534 g/mol. The summed E-state index contributed by atoms with van der Waals surface area (Å²) in [6.07, 6.45) is 2.50. The van der Waals surface area contributed by atoms with E-state index in [1.165, 1.54) is 0 Å². The Morgan fingerprint density at radius 2 is 1.71 bits per heavy atom. The maximum Gasteiger partial charge on any atom is 0.273 e. The zero-order chi connectivity index (χ0) is 28.6. The molecule has 1 amide bonds. The third kappa shape index (κ3) is 5.40. The number of carbonyl (C=O) groups is 1. The van der Waals surface area contributed by atoms with Crippen LogP contribution in [0.3, 0.4) is 0 Å². The first-order valence-corrected chi connectivity index (χ1v) is 16.1. The van der Waals surface area contributed by atoms with Gasteiger partial charge in [-0.05, 0) is 43.0 Å². The predicted molar refractivity (Wildman–Crippen MR) is 160 cm³/mol. The van der Waals surface area contributed by atoms with Gasteiger partial charge in [-0.1, -0.05) is 85.6 Å². The van der Waals surface area contributed by atoms with Gasteiger partial charge in [-0.2, -0.15) is 5.10 Å². The summed E-state index contributed by atoms with van der Waals surface area (Å²) >= 11 is 0. The third-order valence-corrected chi connectivity index (χ3v) is 9.78. The lowest BCUT2D eigenvalue weighted by Gasteiger charge is -2.27. The minimum Gasteiger partial charge on any atom is -0.494 e. The molecule has 3 heterocycles. The molecule has 0 spiro atoms. The van der Waals surface area contributed by atoms with E-state index in [1.54, 1.807) is 4.68 Å². The number of ether oxygens (including phenoxy) is 1. The quantitative estimate of drug-likeness (QED) is 0.226. The van der Waals surface area contributed by atoms with Crippen LogP contribution < -0.4 is 4.74 Å². The van der Waals surface area contributed by atoms with E-state index in [-0.39, 0.29) is 29.5 Å². The molecule has 7 nitrogen and oxygen atoms in total. The molecule has 212 valence electrons. The van der Waals surface area contributed by atoms with Crippen molar-refractivity contribution in [1.29, 1.82) is 0 Å². The predicted octanol–water partition coefficient (Wildman–Crippen LogP) is 6.14. The van der Waals surface area contributed by atoms with E-state index in [9.17, 15) is 13.2 Å². The molecule has 2 atom stereocenters. The van der Waals surface area contributed by atoms with Gasteiger partial charge in [-0.15, -0.1) is 0 Å². The number of rotatable bonds is 9. The Kier molecular flexibility index (Phi) is 7.43. The van der Waals surface area contributed by atoms with Crippen LogP contribution in [0.15, 0.2) is 78.9 Å². The van der Waals surface area contributed by atoms with Gasteiger partial charge in [0.05, 0.1) is 35.9 Å². The minimum absolute atomic E-state index is 0.00507. The number of amides is 1. The highest BCUT2D eigenvalue weighted by atomic mass is 32.2. The highest BCUT2D eigenvalue weighted by Crippen LogP contribution is 2.46. The number of unbranched alkanes of at least 4 members (excludes halogenated alkanes) is 1. The van der Waals surface area contributed by atoms with Crippen molar-refractivity contribution < 1.29 is 17.9 Å². The third-order valence-electron chi connectivity index (χ3n) is 8.03. The zero-order valence-electron chi connectivity index (χ0n) is 23.5. The molecule has 41 heavy (non-hydrogen) atoms. The number of aromatic nitrogens is 2. The normalized spacial score (nSPS) is 19.5. The highest BCUT2D eigenvalue weighted by molar-refractivity contribution is 7.91. The second-order valence-corrected chi connectivity index (χ2v) is 13.3. The Hall–Kier alpha value is -3.91. The SMILES string of the molecule is CCCCOc1ccc([C@@H]2c3c(-c4ccc(C)cc4)nn([C@@H]4CCS(=O)(=O)C4)c3C(=O)N2Cc2ccccc2)cc1. The summed E-state index contributed by atoms with van der Waals surface area (Å²) in [5.74, 6) is 0.769. The van der Waals surface area contributed by atoms with Gasteiger partial charge in [-0.25, -0.2) is 8.42 Å². The summed E-state index contributed by atoms with van der Waals surface area (Å²) in [4.78, 5) is 16.2. The van der Waals surface area contributed by atoms with E-state index in [0.717, 1.165) is 52.1 Å². The molecule has 0 bridgehead atoms. The lowest BCUT2D eigenvalue weighted by Crippen LogP contribution is -2.30. The first-order valence-electron chi connectivity index (χ1n) is 14.3. The van der Waals surface area contributed by atoms with E-state index in [4.69, 9.17) is 9.84 Å². The van der Waals surface area contributed by atoms with Crippen molar-refractivity contribution in [3.8, 4) is 17.0 Å². The number of fused-ring (bicyclic) bond motifs is 1. The summed E-state index contributed by atoms with van der Waals surface area (Å²) in [5, 5.41) is 4.99. The fourth-order valence-corrected chi connectivity index (χ4v) is 7.55. The van der Waals surface area contributed by atoms with Crippen LogP contribution >= 0.6 is 0 Å². The van der Waals surface area contributed by atoms with Crippen molar-refractivity contribution in [1.82, 2.24) is 14.7 Å². The lowest BCUT2D eigenvalue weighted by atomic mass is 9.95. The van der Waals surface area contributed by atoms with Crippen molar-refractivity contribution in [2.75, 3.05) is 18.1 Å². The fourth-order valence-electron chi connectivity index (χ4n) is 5.86. The fraction of sp³-hybridized carbons (Fsp3) is 0.333. The number of hydrogen-bond acceptors (Lipinski definition) is 5. The highest BCUT2D eigenvalue weighted by Gasteiger charge is 2.46. The Balaban J connectivity index is 1.50. The van der Waals surface area contributed by atoms with Crippen LogP contribution in [0, 0.1) is 6.92 Å². The topological polar surface area (TPSA) is 81.5 Å². The molecule has 0 radical (unpaired) electrons. The monoisotopic (exact) mass is 569 g/mol. The molecule has 6 rings (SSSR count). The Morgan fingerprint density at radius 3 is 2.37 bits per heavy atom. The van der Waals surface area contributed by atoms with E-state index >= 15 is 0 Å². The molecule has 3 aromatic carbocycles. The van der Waals surface area contributed by atoms with Crippen LogP contribution in [-0.2, 0) is 16.4 Å². The van der Waals surface area contributed by atoms with Crippen molar-refractivity contribution in [2.45, 2.75) is 51.7 Å². The average Bonchev–Trinajstić information content (AvgIpc) is 3.62. The van der Waals surface area contributed by atoms with Crippen LogP contribution in [0.25, 0.3) is 11.3 Å². The van der Waals surface area contributed by atoms with Gasteiger partial charge < -0.3 is 9.64 Å². The van der Waals surface area contributed by atoms with E-state index in [1.807, 2.05) is 90.7 Å². The smallest absolute Gasteiger partial charge is 0.273 e. The van der Waals surface area contributed by atoms with Crippen molar-refractivity contribution >= 4 is 15.7 Å². The van der Waals surface area contributed by atoms with Crippen molar-refractivity contribution in [3.05, 3.63) is 107 Å².